The van der Waals surface area contributed by atoms with Crippen molar-refractivity contribution in [2.45, 2.75) is 44.6 Å². The fourth-order valence-electron chi connectivity index (χ4n) is 4.15. The Morgan fingerprint density at radius 1 is 0.786 bits per heavy atom. The molecule has 4 rings (SSSR count). The molecule has 0 radical (unpaired) electrons. The maximum Gasteiger partial charge on any atom is 0.127 e. The van der Waals surface area contributed by atoms with Crippen LogP contribution in [-0.4, -0.2) is 6.61 Å². The minimum atomic E-state index is 0.642. The molecule has 0 unspecified atom stereocenters. The van der Waals surface area contributed by atoms with Crippen LogP contribution in [0.3, 0.4) is 0 Å². The highest BCUT2D eigenvalue weighted by Gasteiger charge is 2.22. The average Bonchev–Trinajstić information content (AvgIpc) is 3.29. The van der Waals surface area contributed by atoms with Crippen LogP contribution in [0.2, 0.25) is 0 Å². The van der Waals surface area contributed by atoms with Gasteiger partial charge in [0.25, 0.3) is 0 Å². The third-order valence-electron chi connectivity index (χ3n) is 5.66. The first-order valence-corrected chi connectivity index (χ1v) is 10.5. The first-order valence-electron chi connectivity index (χ1n) is 10.5. The zero-order chi connectivity index (χ0) is 19.0. The normalized spacial score (nSPS) is 14.1. The van der Waals surface area contributed by atoms with Crippen molar-refractivity contribution in [1.29, 1.82) is 0 Å². The zero-order valence-electron chi connectivity index (χ0n) is 16.4. The van der Waals surface area contributed by atoms with Crippen molar-refractivity contribution >= 4 is 5.69 Å². The van der Waals surface area contributed by atoms with Crippen LogP contribution in [0.4, 0.5) is 5.69 Å². The Morgan fingerprint density at radius 2 is 1.50 bits per heavy atom. The van der Waals surface area contributed by atoms with Gasteiger partial charge in [0, 0.05) is 24.2 Å². The molecule has 1 fully saturated rings. The second kappa shape index (κ2) is 9.45. The fourth-order valence-corrected chi connectivity index (χ4v) is 4.15. The van der Waals surface area contributed by atoms with E-state index in [1.165, 1.54) is 42.4 Å². The van der Waals surface area contributed by atoms with Crippen LogP contribution < -0.4 is 10.1 Å². The topological polar surface area (TPSA) is 21.3 Å². The van der Waals surface area contributed by atoms with Gasteiger partial charge in [-0.05, 0) is 42.0 Å². The number of anilines is 1. The molecule has 0 amide bonds. The minimum Gasteiger partial charge on any atom is -0.493 e. The maximum absolute atomic E-state index is 6.43. The average molecular weight is 372 g/mol. The molecule has 3 aromatic rings. The fraction of sp³-hybridized carbons (Fsp3) is 0.308. The number of ether oxygens (including phenoxy) is 1. The van der Waals surface area contributed by atoms with Crippen LogP contribution in [0.5, 0.6) is 5.75 Å². The molecule has 0 aliphatic heterocycles. The molecule has 0 atom stereocenters. The summed E-state index contributed by atoms with van der Waals surface area (Å²) in [6.45, 7) is 1.50. The van der Waals surface area contributed by atoms with Gasteiger partial charge in [-0.1, -0.05) is 79.6 Å². The lowest BCUT2D eigenvalue weighted by Gasteiger charge is -2.20. The first kappa shape index (κ1) is 18.6. The smallest absolute Gasteiger partial charge is 0.127 e. The summed E-state index contributed by atoms with van der Waals surface area (Å²) in [5.74, 6) is 1.75. The van der Waals surface area contributed by atoms with E-state index in [2.05, 4.69) is 78.1 Å². The quantitative estimate of drug-likeness (QED) is 0.483. The molecule has 1 aliphatic rings. The maximum atomic E-state index is 6.43. The van der Waals surface area contributed by atoms with Gasteiger partial charge >= 0.3 is 0 Å². The van der Waals surface area contributed by atoms with Gasteiger partial charge in [0.15, 0.2) is 0 Å². The number of hydrogen-bond donors (Lipinski definition) is 1. The summed E-state index contributed by atoms with van der Waals surface area (Å²) < 4.78 is 6.43. The van der Waals surface area contributed by atoms with Crippen molar-refractivity contribution in [2.24, 2.45) is 0 Å². The summed E-state index contributed by atoms with van der Waals surface area (Å²) in [6, 6.07) is 27.7. The number of benzene rings is 3. The van der Waals surface area contributed by atoms with E-state index in [1.807, 2.05) is 6.07 Å². The molecule has 2 nitrogen and oxygen atoms in total. The van der Waals surface area contributed by atoms with Gasteiger partial charge in [0.05, 0.1) is 6.61 Å². The van der Waals surface area contributed by atoms with Crippen molar-refractivity contribution in [3.05, 3.63) is 95.6 Å². The number of nitrogens with one attached hydrogen (secondary N) is 1. The van der Waals surface area contributed by atoms with Crippen molar-refractivity contribution in [1.82, 2.24) is 0 Å². The van der Waals surface area contributed by atoms with E-state index >= 15 is 0 Å². The highest BCUT2D eigenvalue weighted by atomic mass is 16.5. The molecule has 0 saturated heterocycles. The van der Waals surface area contributed by atoms with E-state index < -0.39 is 0 Å². The lowest BCUT2D eigenvalue weighted by atomic mass is 9.94. The summed E-state index contributed by atoms with van der Waals surface area (Å²) in [6.07, 6.45) is 6.17. The summed E-state index contributed by atoms with van der Waals surface area (Å²) in [5.41, 5.74) is 5.12. The highest BCUT2D eigenvalue weighted by molar-refractivity contribution is 5.48. The standard InChI is InChI=1S/C26H29NO/c1-3-10-21(11-4-1)18-19-28-26-23(20-27-24-15-5-2-6-16-24)14-9-17-25(26)22-12-7-8-13-22/h1-6,9-11,14-17,22,27H,7-8,12-13,18-20H2. The van der Waals surface area contributed by atoms with Crippen molar-refractivity contribution < 1.29 is 4.74 Å². The molecule has 2 heteroatoms. The molecule has 0 bridgehead atoms. The van der Waals surface area contributed by atoms with Crippen LogP contribution in [0.1, 0.15) is 48.3 Å². The van der Waals surface area contributed by atoms with Gasteiger partial charge in [-0.15, -0.1) is 0 Å². The Balaban J connectivity index is 1.51. The molecule has 0 aromatic heterocycles. The largest absolute Gasteiger partial charge is 0.493 e. The number of para-hydroxylation sites is 2. The molecule has 1 N–H and O–H groups in total. The molecule has 0 heterocycles. The van der Waals surface area contributed by atoms with Crippen LogP contribution in [0.15, 0.2) is 78.9 Å². The molecular weight excluding hydrogens is 342 g/mol. The third kappa shape index (κ3) is 4.75. The van der Waals surface area contributed by atoms with Crippen LogP contribution in [0.25, 0.3) is 0 Å². The molecule has 1 saturated carbocycles. The third-order valence-corrected chi connectivity index (χ3v) is 5.66. The Hall–Kier alpha value is -2.74. The summed E-state index contributed by atoms with van der Waals surface area (Å²) in [7, 11) is 0. The van der Waals surface area contributed by atoms with Crippen LogP contribution in [0, 0.1) is 0 Å². The molecule has 144 valence electrons. The second-order valence-electron chi connectivity index (χ2n) is 7.62. The van der Waals surface area contributed by atoms with E-state index in [0.717, 1.165) is 24.4 Å². The van der Waals surface area contributed by atoms with Gasteiger partial charge in [-0.25, -0.2) is 0 Å². The second-order valence-corrected chi connectivity index (χ2v) is 7.62. The zero-order valence-corrected chi connectivity index (χ0v) is 16.4. The van der Waals surface area contributed by atoms with Crippen molar-refractivity contribution in [3.63, 3.8) is 0 Å². The molecule has 0 spiro atoms. The Morgan fingerprint density at radius 3 is 2.25 bits per heavy atom. The highest BCUT2D eigenvalue weighted by Crippen LogP contribution is 2.40. The Kier molecular flexibility index (Phi) is 6.29. The lowest BCUT2D eigenvalue weighted by Crippen LogP contribution is -2.09. The predicted octanol–water partition coefficient (Wildman–Crippen LogP) is 6.58. The minimum absolute atomic E-state index is 0.642. The summed E-state index contributed by atoms with van der Waals surface area (Å²) in [4.78, 5) is 0. The monoisotopic (exact) mass is 371 g/mol. The van der Waals surface area contributed by atoms with E-state index in [4.69, 9.17) is 4.74 Å². The Labute approximate surface area is 168 Å². The van der Waals surface area contributed by atoms with Gasteiger partial charge in [-0.3, -0.25) is 0 Å². The number of rotatable bonds is 8. The SMILES string of the molecule is c1ccc(CCOc2c(CNc3ccccc3)cccc2C2CCCC2)cc1. The predicted molar refractivity (Wildman–Crippen MR) is 117 cm³/mol. The summed E-state index contributed by atoms with van der Waals surface area (Å²) >= 11 is 0. The molecule has 3 aromatic carbocycles. The van der Waals surface area contributed by atoms with E-state index in [0.29, 0.717) is 12.5 Å². The molecular formula is C26H29NO. The van der Waals surface area contributed by atoms with Crippen molar-refractivity contribution in [2.75, 3.05) is 11.9 Å². The van der Waals surface area contributed by atoms with E-state index in [9.17, 15) is 0 Å². The van der Waals surface area contributed by atoms with E-state index in [-0.39, 0.29) is 0 Å². The molecule has 1 aliphatic carbocycles. The Bertz CT molecular complexity index is 854. The van der Waals surface area contributed by atoms with Crippen LogP contribution >= 0.6 is 0 Å². The molecule has 28 heavy (non-hydrogen) atoms. The van der Waals surface area contributed by atoms with Gasteiger partial charge in [0.2, 0.25) is 0 Å². The van der Waals surface area contributed by atoms with Crippen LogP contribution in [-0.2, 0) is 13.0 Å². The first-order chi connectivity index (χ1) is 13.9. The van der Waals surface area contributed by atoms with Gasteiger partial charge < -0.3 is 10.1 Å². The number of hydrogen-bond acceptors (Lipinski definition) is 2. The summed E-state index contributed by atoms with van der Waals surface area (Å²) in [5, 5.41) is 3.55. The van der Waals surface area contributed by atoms with Gasteiger partial charge in [-0.2, -0.15) is 0 Å². The van der Waals surface area contributed by atoms with E-state index in [1.54, 1.807) is 0 Å². The van der Waals surface area contributed by atoms with Crippen molar-refractivity contribution in [3.8, 4) is 5.75 Å². The lowest BCUT2D eigenvalue weighted by molar-refractivity contribution is 0.313. The van der Waals surface area contributed by atoms with Gasteiger partial charge in [0.1, 0.15) is 5.75 Å².